The Kier molecular flexibility index (Phi) is 21.1. The first-order valence-corrected chi connectivity index (χ1v) is 25.6. The lowest BCUT2D eigenvalue weighted by molar-refractivity contribution is -0.142. The third-order valence-electron chi connectivity index (χ3n) is 12.2. The third kappa shape index (κ3) is 15.5. The van der Waals surface area contributed by atoms with E-state index in [1.165, 1.54) is 25.5 Å². The molecule has 69 heavy (non-hydrogen) atoms. The maximum atomic E-state index is 13.1. The number of likely N-dealkylation sites (tertiary alicyclic amines) is 1. The number of nitrogens with zero attached hydrogens (tertiary/aromatic N) is 3. The Balaban J connectivity index is 0.000000252. The molecule has 1 amide bonds. The zero-order chi connectivity index (χ0) is 51.0. The van der Waals surface area contributed by atoms with Crippen molar-refractivity contribution in [1.82, 2.24) is 18.8 Å². The number of piperidine rings is 2. The quantitative estimate of drug-likeness (QED) is 0.0989. The SMILES string of the molecule is COc1cc(C)c(S(=O)(=O)N(C)CCOCC(=O)N2CCC(O)(c3ccccc3)CC2)c(C)c1.COc1cc(C)c(S(=O)(=O)N(C)CCOCC(=O)O)c(C)c1.OC1(c2ccccc2)CCNCC1. The molecule has 0 bridgehead atoms. The van der Waals surface area contributed by atoms with E-state index >= 15 is 0 Å². The van der Waals surface area contributed by atoms with Crippen LogP contribution in [0, 0.1) is 27.7 Å². The minimum Gasteiger partial charge on any atom is -0.497 e. The molecule has 0 aromatic heterocycles. The van der Waals surface area contributed by atoms with Gasteiger partial charge in [-0.1, -0.05) is 60.7 Å². The number of carbonyl (C=O) groups is 2. The summed E-state index contributed by atoms with van der Waals surface area (Å²) >= 11 is 0. The molecule has 19 heteroatoms. The van der Waals surface area contributed by atoms with Gasteiger partial charge in [-0.2, -0.15) is 8.61 Å². The van der Waals surface area contributed by atoms with Crippen LogP contribution in [0.5, 0.6) is 11.5 Å². The monoisotopic (exact) mass is 998 g/mol. The van der Waals surface area contributed by atoms with Gasteiger partial charge in [0.05, 0.1) is 48.4 Å². The number of ether oxygens (including phenoxy) is 4. The molecular weight excluding hydrogens is 929 g/mol. The summed E-state index contributed by atoms with van der Waals surface area (Å²) in [5, 5.41) is 32.9. The standard InChI is InChI=1S/C25H34N2O6S.C14H21NO6S.C11H15NO/c1-19-16-22(32-4)17-20(2)24(19)34(30,31)26(3)14-15-33-18-23(28)27-12-10-25(29,11-13-27)21-8-6-5-7-9-21;1-10-7-12(20-4)8-11(2)14(10)22(18,19)15(3)5-6-21-9-13(16)17;13-11(6-8-12-9-7-11)10-4-2-1-3-5-10/h5-9,16-17,29H,10-15,18H2,1-4H3;7-8H,5-6,9H2,1-4H3,(H,16,17);1-5,12-13H,6-9H2. The Labute approximate surface area is 408 Å². The van der Waals surface area contributed by atoms with Gasteiger partial charge in [0.2, 0.25) is 26.0 Å². The van der Waals surface area contributed by atoms with E-state index in [1.54, 1.807) is 64.0 Å². The molecule has 0 radical (unpaired) electrons. The van der Waals surface area contributed by atoms with Crippen LogP contribution in [0.15, 0.2) is 94.7 Å². The number of aliphatic carboxylic acids is 1. The summed E-state index contributed by atoms with van der Waals surface area (Å²) in [4.78, 5) is 25.0. The highest BCUT2D eigenvalue weighted by molar-refractivity contribution is 7.89. The number of aryl methyl sites for hydroxylation is 4. The average molecular weight is 999 g/mol. The minimum atomic E-state index is -3.71. The lowest BCUT2D eigenvalue weighted by Crippen LogP contribution is -2.46. The molecule has 6 rings (SSSR count). The molecule has 4 N–H and O–H groups in total. The van der Waals surface area contributed by atoms with E-state index in [0.717, 1.165) is 41.4 Å². The molecule has 0 unspecified atom stereocenters. The second-order valence-electron chi connectivity index (χ2n) is 17.3. The topological polar surface area (TPSA) is 222 Å². The van der Waals surface area contributed by atoms with Crippen LogP contribution in [0.4, 0.5) is 0 Å². The van der Waals surface area contributed by atoms with Crippen molar-refractivity contribution in [1.29, 1.82) is 0 Å². The second kappa shape index (κ2) is 25.8. The number of carboxylic acid groups (broad SMARTS) is 1. The Morgan fingerprint density at radius 2 is 0.986 bits per heavy atom. The fourth-order valence-electron chi connectivity index (χ4n) is 8.26. The highest BCUT2D eigenvalue weighted by Crippen LogP contribution is 2.33. The minimum absolute atomic E-state index is 0.0102. The van der Waals surface area contributed by atoms with Gasteiger partial charge in [0, 0.05) is 40.3 Å². The highest BCUT2D eigenvalue weighted by Gasteiger charge is 2.35. The number of nitrogens with one attached hydrogen (secondary N) is 1. The Bertz CT molecular complexity index is 2470. The van der Waals surface area contributed by atoms with Crippen molar-refractivity contribution >= 4 is 31.9 Å². The van der Waals surface area contributed by atoms with Crippen LogP contribution in [0.2, 0.25) is 0 Å². The summed E-state index contributed by atoms with van der Waals surface area (Å²) in [5.74, 6) is -0.0467. The van der Waals surface area contributed by atoms with E-state index in [4.69, 9.17) is 24.1 Å². The van der Waals surface area contributed by atoms with E-state index in [0.29, 0.717) is 59.7 Å². The van der Waals surface area contributed by atoms with Crippen LogP contribution < -0.4 is 14.8 Å². The summed E-state index contributed by atoms with van der Waals surface area (Å²) in [6, 6.07) is 26.2. The molecule has 2 heterocycles. The molecule has 0 saturated carbocycles. The number of methoxy groups -OCH3 is 2. The Morgan fingerprint density at radius 3 is 1.35 bits per heavy atom. The number of carboxylic acids is 1. The summed E-state index contributed by atoms with van der Waals surface area (Å²) in [6.45, 7) is 9.31. The first-order valence-electron chi connectivity index (χ1n) is 22.7. The zero-order valence-corrected chi connectivity index (χ0v) is 42.7. The number of amides is 1. The molecule has 0 atom stereocenters. The van der Waals surface area contributed by atoms with Gasteiger partial charge in [0.15, 0.2) is 0 Å². The van der Waals surface area contributed by atoms with Crippen molar-refractivity contribution in [3.8, 4) is 11.5 Å². The molecule has 4 aromatic carbocycles. The molecular formula is C50H70N4O13S2. The molecule has 0 spiro atoms. The van der Waals surface area contributed by atoms with Crippen molar-refractivity contribution in [3.63, 3.8) is 0 Å². The predicted molar refractivity (Wildman–Crippen MR) is 262 cm³/mol. The van der Waals surface area contributed by atoms with E-state index < -0.39 is 43.8 Å². The zero-order valence-electron chi connectivity index (χ0n) is 41.1. The van der Waals surface area contributed by atoms with Crippen LogP contribution in [0.1, 0.15) is 59.1 Å². The molecule has 2 saturated heterocycles. The third-order valence-corrected chi connectivity index (χ3v) is 16.6. The van der Waals surface area contributed by atoms with Gasteiger partial charge in [0.25, 0.3) is 0 Å². The van der Waals surface area contributed by atoms with Crippen LogP contribution >= 0.6 is 0 Å². The van der Waals surface area contributed by atoms with E-state index in [-0.39, 0.29) is 48.6 Å². The largest absolute Gasteiger partial charge is 0.497 e. The van der Waals surface area contributed by atoms with Crippen LogP contribution in [0.25, 0.3) is 0 Å². The van der Waals surface area contributed by atoms with Gasteiger partial charge in [0.1, 0.15) is 24.7 Å². The van der Waals surface area contributed by atoms with Gasteiger partial charge in [-0.3, -0.25) is 4.79 Å². The molecule has 4 aromatic rings. The van der Waals surface area contributed by atoms with Gasteiger partial charge in [-0.15, -0.1) is 0 Å². The van der Waals surface area contributed by atoms with E-state index in [2.05, 4.69) is 5.32 Å². The molecule has 2 aliphatic heterocycles. The smallest absolute Gasteiger partial charge is 0.329 e. The lowest BCUT2D eigenvalue weighted by atomic mass is 9.84. The highest BCUT2D eigenvalue weighted by atomic mass is 32.2. The van der Waals surface area contributed by atoms with E-state index in [1.807, 2.05) is 60.7 Å². The average Bonchev–Trinajstić information content (AvgIpc) is 3.32. The van der Waals surface area contributed by atoms with Crippen molar-refractivity contribution in [2.75, 3.05) is 94.0 Å². The summed E-state index contributed by atoms with van der Waals surface area (Å²) in [5.41, 5.74) is 2.81. The number of rotatable bonds is 18. The number of aliphatic hydroxyl groups is 2. The normalized spacial score (nSPS) is 15.6. The second-order valence-corrected chi connectivity index (χ2v) is 21.2. The lowest BCUT2D eigenvalue weighted by Gasteiger charge is -2.38. The van der Waals surface area contributed by atoms with E-state index in [9.17, 15) is 36.6 Å². The first kappa shape index (κ1) is 56.6. The van der Waals surface area contributed by atoms with Crippen LogP contribution in [0.3, 0.4) is 0 Å². The summed E-state index contributed by atoms with van der Waals surface area (Å²) in [7, 11) is -1.39. The summed E-state index contributed by atoms with van der Waals surface area (Å²) in [6.07, 6.45) is 2.56. The van der Waals surface area contributed by atoms with Gasteiger partial charge in [-0.05, 0) is 124 Å². The molecule has 2 aliphatic rings. The van der Waals surface area contributed by atoms with Crippen LogP contribution in [-0.2, 0) is 50.3 Å². The van der Waals surface area contributed by atoms with Crippen molar-refractivity contribution in [2.24, 2.45) is 0 Å². The fourth-order valence-corrected chi connectivity index (χ4v) is 11.4. The predicted octanol–water partition coefficient (Wildman–Crippen LogP) is 4.75. The van der Waals surface area contributed by atoms with Gasteiger partial charge in [-0.25, -0.2) is 21.6 Å². The number of likely N-dealkylation sites (N-methyl/N-ethyl adjacent to an activating group) is 2. The first-order chi connectivity index (χ1) is 32.6. The van der Waals surface area contributed by atoms with Gasteiger partial charge >= 0.3 is 5.97 Å². The fraction of sp³-hybridized carbons (Fsp3) is 0.480. The number of benzene rings is 4. The Morgan fingerprint density at radius 1 is 0.623 bits per heavy atom. The molecule has 17 nitrogen and oxygen atoms in total. The van der Waals surface area contributed by atoms with Gasteiger partial charge < -0.3 is 44.5 Å². The molecule has 380 valence electrons. The van der Waals surface area contributed by atoms with Crippen LogP contribution in [-0.4, -0.2) is 152 Å². The number of hydrogen-bond acceptors (Lipinski definition) is 13. The van der Waals surface area contributed by atoms with Crippen molar-refractivity contribution < 1.29 is 60.7 Å². The number of carbonyl (C=O) groups excluding carboxylic acids is 1. The summed E-state index contributed by atoms with van der Waals surface area (Å²) < 4.78 is 74.4. The maximum Gasteiger partial charge on any atom is 0.329 e. The molecule has 0 aliphatic carbocycles. The number of sulfonamides is 2. The Hall–Kier alpha value is -4.96. The molecule has 2 fully saturated rings. The van der Waals surface area contributed by atoms with Crippen molar-refractivity contribution in [3.05, 3.63) is 118 Å². The van der Waals surface area contributed by atoms with Crippen molar-refractivity contribution in [2.45, 2.75) is 74.4 Å². The number of hydrogen-bond donors (Lipinski definition) is 4. The maximum absolute atomic E-state index is 13.1.